The highest BCUT2D eigenvalue weighted by molar-refractivity contribution is 7.92. The smallest absolute Gasteiger partial charge is 0.280 e. The molecule has 21 heavy (non-hydrogen) atoms. The number of carbonyl (C=O) groups is 1. The Balaban J connectivity index is 2.40. The molecule has 0 atom stereocenters. The molecule has 0 spiro atoms. The Morgan fingerprint density at radius 3 is 2.57 bits per heavy atom. The van der Waals surface area contributed by atoms with Gasteiger partial charge in [0.15, 0.2) is 10.8 Å². The van der Waals surface area contributed by atoms with Crippen molar-refractivity contribution >= 4 is 21.5 Å². The number of imidazole rings is 1. The number of hydrogen-bond donors (Lipinski definition) is 1. The summed E-state index contributed by atoms with van der Waals surface area (Å²) in [5, 5.41) is -0.0554. The number of nitrogens with zero attached hydrogens (tertiary/aromatic N) is 2. The van der Waals surface area contributed by atoms with Gasteiger partial charge in [0.05, 0.1) is 5.69 Å². The summed E-state index contributed by atoms with van der Waals surface area (Å²) < 4.78 is 28.9. The Morgan fingerprint density at radius 2 is 2.00 bits per heavy atom. The maximum atomic E-state index is 12.4. The average molecular weight is 307 g/mol. The molecule has 0 aliphatic carbocycles. The molecule has 1 aromatic heterocycles. The Kier molecular flexibility index (Phi) is 4.13. The molecule has 0 aliphatic heterocycles. The zero-order valence-corrected chi connectivity index (χ0v) is 12.9. The summed E-state index contributed by atoms with van der Waals surface area (Å²) >= 11 is 0. The molecule has 2 rings (SSSR count). The van der Waals surface area contributed by atoms with Crippen molar-refractivity contribution < 1.29 is 13.2 Å². The highest BCUT2D eigenvalue weighted by atomic mass is 32.2. The molecule has 0 unspecified atom stereocenters. The monoisotopic (exact) mass is 307 g/mol. The minimum atomic E-state index is -3.82. The van der Waals surface area contributed by atoms with E-state index in [-0.39, 0.29) is 16.5 Å². The predicted octanol–water partition coefficient (Wildman–Crippen LogP) is 2.21. The van der Waals surface area contributed by atoms with Crippen molar-refractivity contribution in [1.82, 2.24) is 9.55 Å². The molecule has 112 valence electrons. The van der Waals surface area contributed by atoms with E-state index in [4.69, 9.17) is 0 Å². The fourth-order valence-corrected chi connectivity index (χ4v) is 3.10. The molecule has 0 fully saturated rings. The van der Waals surface area contributed by atoms with Crippen molar-refractivity contribution in [1.29, 1.82) is 0 Å². The van der Waals surface area contributed by atoms with Crippen LogP contribution in [0.3, 0.4) is 0 Å². The molecule has 1 N–H and O–H groups in total. The van der Waals surface area contributed by atoms with Gasteiger partial charge in [-0.25, -0.2) is 4.98 Å². The molecule has 2 aromatic rings. The van der Waals surface area contributed by atoms with E-state index in [1.54, 1.807) is 35.8 Å². The summed E-state index contributed by atoms with van der Waals surface area (Å²) in [4.78, 5) is 15.6. The van der Waals surface area contributed by atoms with Gasteiger partial charge < -0.3 is 4.57 Å². The van der Waals surface area contributed by atoms with Gasteiger partial charge in [-0.15, -0.1) is 0 Å². The number of sulfonamides is 1. The number of anilines is 1. The van der Waals surface area contributed by atoms with Crippen molar-refractivity contribution in [2.24, 2.45) is 0 Å². The van der Waals surface area contributed by atoms with Gasteiger partial charge in [0.25, 0.3) is 10.0 Å². The Morgan fingerprint density at radius 1 is 1.33 bits per heavy atom. The molecule has 7 heteroatoms. The van der Waals surface area contributed by atoms with E-state index in [1.807, 2.05) is 6.92 Å². The highest BCUT2D eigenvalue weighted by Gasteiger charge is 2.20. The summed E-state index contributed by atoms with van der Waals surface area (Å²) in [5.41, 5.74) is 0.585. The minimum absolute atomic E-state index is 0.0554. The van der Waals surface area contributed by atoms with Crippen LogP contribution in [0.2, 0.25) is 0 Å². The van der Waals surface area contributed by atoms with Gasteiger partial charge in [-0.2, -0.15) is 8.42 Å². The molecule has 0 radical (unpaired) electrons. The minimum Gasteiger partial charge on any atom is -0.334 e. The lowest BCUT2D eigenvalue weighted by atomic mass is 10.1. The van der Waals surface area contributed by atoms with Crippen molar-refractivity contribution in [3.05, 3.63) is 41.9 Å². The van der Waals surface area contributed by atoms with Gasteiger partial charge in [-0.05, 0) is 32.9 Å². The number of nitrogens with one attached hydrogen (secondary N) is 1. The number of aromatic nitrogens is 2. The number of carbonyl (C=O) groups excluding carboxylic acids is 1. The maximum Gasteiger partial charge on any atom is 0.280 e. The van der Waals surface area contributed by atoms with Crippen molar-refractivity contribution in [2.45, 2.75) is 32.3 Å². The Labute approximate surface area is 123 Å². The van der Waals surface area contributed by atoms with Gasteiger partial charge in [-0.1, -0.05) is 12.1 Å². The first-order valence-electron chi connectivity index (χ1n) is 6.51. The fourth-order valence-electron chi connectivity index (χ4n) is 2.01. The highest BCUT2D eigenvalue weighted by Crippen LogP contribution is 2.20. The molecule has 1 aromatic carbocycles. The van der Waals surface area contributed by atoms with Crippen LogP contribution >= 0.6 is 0 Å². The zero-order chi connectivity index (χ0) is 15.6. The Bertz CT molecular complexity index is 779. The average Bonchev–Trinajstić information content (AvgIpc) is 2.81. The molecule has 1 heterocycles. The fraction of sp³-hybridized carbons (Fsp3) is 0.286. The molecule has 6 nitrogen and oxygen atoms in total. The quantitative estimate of drug-likeness (QED) is 0.859. The third-order valence-corrected chi connectivity index (χ3v) is 4.36. The van der Waals surface area contributed by atoms with E-state index in [0.29, 0.717) is 17.9 Å². The van der Waals surface area contributed by atoms with Crippen LogP contribution in [0.4, 0.5) is 5.69 Å². The normalized spacial score (nSPS) is 11.4. The number of Topliss-reactive ketones (excluding diaryl/α,β-unsaturated/α-hetero) is 1. The second-order valence-electron chi connectivity index (χ2n) is 4.62. The van der Waals surface area contributed by atoms with Crippen LogP contribution in [0.25, 0.3) is 0 Å². The number of benzene rings is 1. The number of hydrogen-bond acceptors (Lipinski definition) is 4. The first-order chi connectivity index (χ1) is 9.85. The lowest BCUT2D eigenvalue weighted by molar-refractivity contribution is 0.101. The van der Waals surface area contributed by atoms with E-state index >= 15 is 0 Å². The lowest BCUT2D eigenvalue weighted by Crippen LogP contribution is -2.15. The number of rotatable bonds is 5. The lowest BCUT2D eigenvalue weighted by Gasteiger charge is -2.09. The van der Waals surface area contributed by atoms with Gasteiger partial charge in [0.1, 0.15) is 5.82 Å². The second kappa shape index (κ2) is 5.69. The maximum absolute atomic E-state index is 12.4. The summed E-state index contributed by atoms with van der Waals surface area (Å²) in [5.74, 6) is 0.418. The van der Waals surface area contributed by atoms with Crippen molar-refractivity contribution in [3.8, 4) is 0 Å². The summed E-state index contributed by atoms with van der Waals surface area (Å²) in [6.07, 6.45) is 1.48. The SMILES string of the molecule is CCn1cc(S(=O)(=O)Nc2ccccc2C(C)=O)nc1C. The molecule has 0 saturated carbocycles. The molecule has 0 saturated heterocycles. The molecule has 0 amide bonds. The number of aryl methyl sites for hydroxylation is 2. The van der Waals surface area contributed by atoms with Crippen LogP contribution < -0.4 is 4.72 Å². The summed E-state index contributed by atoms with van der Waals surface area (Å²) in [6, 6.07) is 6.48. The first kappa shape index (κ1) is 15.2. The number of para-hydroxylation sites is 1. The van der Waals surface area contributed by atoms with Gasteiger partial charge in [0.2, 0.25) is 0 Å². The van der Waals surface area contributed by atoms with Crippen LogP contribution in [0.1, 0.15) is 30.0 Å². The summed E-state index contributed by atoms with van der Waals surface area (Å²) in [6.45, 7) is 5.68. The van der Waals surface area contributed by atoms with E-state index < -0.39 is 10.0 Å². The third-order valence-electron chi connectivity index (χ3n) is 3.12. The van der Waals surface area contributed by atoms with E-state index in [1.165, 1.54) is 13.1 Å². The van der Waals surface area contributed by atoms with Crippen molar-refractivity contribution in [3.63, 3.8) is 0 Å². The molecule has 0 aliphatic rings. The zero-order valence-electron chi connectivity index (χ0n) is 12.1. The van der Waals surface area contributed by atoms with Crippen LogP contribution in [0, 0.1) is 6.92 Å². The standard InChI is InChI=1S/C14H17N3O3S/c1-4-17-9-14(15-11(17)3)21(19,20)16-13-8-6-5-7-12(13)10(2)18/h5-9,16H,4H2,1-3H3. The second-order valence-corrected chi connectivity index (χ2v) is 6.25. The molecular weight excluding hydrogens is 290 g/mol. The van der Waals surface area contributed by atoms with Crippen LogP contribution in [-0.2, 0) is 16.6 Å². The van der Waals surface area contributed by atoms with Gasteiger partial charge >= 0.3 is 0 Å². The van der Waals surface area contributed by atoms with Gasteiger partial charge in [0, 0.05) is 18.3 Å². The predicted molar refractivity (Wildman–Crippen MR) is 79.9 cm³/mol. The Hall–Kier alpha value is -2.15. The topological polar surface area (TPSA) is 81.1 Å². The van der Waals surface area contributed by atoms with E-state index in [2.05, 4.69) is 9.71 Å². The van der Waals surface area contributed by atoms with E-state index in [0.717, 1.165) is 0 Å². The van der Waals surface area contributed by atoms with Crippen LogP contribution in [-0.4, -0.2) is 23.8 Å². The third kappa shape index (κ3) is 3.13. The first-order valence-corrected chi connectivity index (χ1v) is 8.00. The van der Waals surface area contributed by atoms with Crippen LogP contribution in [0.15, 0.2) is 35.5 Å². The molecule has 0 bridgehead atoms. The largest absolute Gasteiger partial charge is 0.334 e. The number of ketones is 1. The summed E-state index contributed by atoms with van der Waals surface area (Å²) in [7, 11) is -3.82. The van der Waals surface area contributed by atoms with Gasteiger partial charge in [-0.3, -0.25) is 9.52 Å². The van der Waals surface area contributed by atoms with Crippen LogP contribution in [0.5, 0.6) is 0 Å². The molecular formula is C14H17N3O3S. The van der Waals surface area contributed by atoms with Crippen molar-refractivity contribution in [2.75, 3.05) is 4.72 Å². The van der Waals surface area contributed by atoms with E-state index in [9.17, 15) is 13.2 Å².